The molecule has 0 aromatic heterocycles. The highest BCUT2D eigenvalue weighted by Gasteiger charge is 2.33. The summed E-state index contributed by atoms with van der Waals surface area (Å²) in [4.78, 5) is 0. The standard InChI is InChI=1S/C16H33N/c1-5-6-7-10-13-17-15-12-9-8-11-14(15)16(2,3)4/h14-15,17H,5-13H2,1-4H3. The Morgan fingerprint density at radius 2 is 1.71 bits per heavy atom. The minimum absolute atomic E-state index is 0.474. The third-order valence-electron chi connectivity index (χ3n) is 4.32. The van der Waals surface area contributed by atoms with Crippen molar-refractivity contribution in [1.29, 1.82) is 0 Å². The summed E-state index contributed by atoms with van der Waals surface area (Å²) >= 11 is 0. The van der Waals surface area contributed by atoms with Crippen molar-refractivity contribution in [3.63, 3.8) is 0 Å². The van der Waals surface area contributed by atoms with E-state index in [9.17, 15) is 0 Å². The maximum absolute atomic E-state index is 3.84. The van der Waals surface area contributed by atoms with Crippen LogP contribution in [-0.2, 0) is 0 Å². The molecular weight excluding hydrogens is 206 g/mol. The van der Waals surface area contributed by atoms with Crippen LogP contribution in [0.15, 0.2) is 0 Å². The summed E-state index contributed by atoms with van der Waals surface area (Å²) in [5.74, 6) is 0.877. The largest absolute Gasteiger partial charge is 0.314 e. The molecule has 1 nitrogen and oxygen atoms in total. The van der Waals surface area contributed by atoms with Gasteiger partial charge in [-0.2, -0.15) is 0 Å². The maximum Gasteiger partial charge on any atom is 0.0100 e. The molecule has 0 bridgehead atoms. The molecule has 1 aliphatic rings. The zero-order valence-electron chi connectivity index (χ0n) is 12.5. The van der Waals surface area contributed by atoms with Crippen LogP contribution < -0.4 is 5.32 Å². The van der Waals surface area contributed by atoms with E-state index in [1.807, 2.05) is 0 Å². The number of hydrogen-bond acceptors (Lipinski definition) is 1. The van der Waals surface area contributed by atoms with Crippen molar-refractivity contribution in [2.75, 3.05) is 6.54 Å². The van der Waals surface area contributed by atoms with E-state index in [-0.39, 0.29) is 0 Å². The van der Waals surface area contributed by atoms with Crippen LogP contribution in [-0.4, -0.2) is 12.6 Å². The number of nitrogens with one attached hydrogen (secondary N) is 1. The summed E-state index contributed by atoms with van der Waals surface area (Å²) in [5, 5.41) is 3.84. The van der Waals surface area contributed by atoms with Gasteiger partial charge in [0.15, 0.2) is 0 Å². The fraction of sp³-hybridized carbons (Fsp3) is 1.00. The summed E-state index contributed by atoms with van der Waals surface area (Å²) in [7, 11) is 0. The van der Waals surface area contributed by atoms with E-state index in [0.717, 1.165) is 12.0 Å². The molecule has 1 saturated carbocycles. The second kappa shape index (κ2) is 7.41. The Balaban J connectivity index is 2.28. The summed E-state index contributed by atoms with van der Waals surface area (Å²) in [6.07, 6.45) is 11.2. The molecule has 17 heavy (non-hydrogen) atoms. The van der Waals surface area contributed by atoms with E-state index in [1.165, 1.54) is 57.9 Å². The van der Waals surface area contributed by atoms with Crippen LogP contribution in [0.5, 0.6) is 0 Å². The van der Waals surface area contributed by atoms with Gasteiger partial charge in [-0.25, -0.2) is 0 Å². The van der Waals surface area contributed by atoms with Crippen molar-refractivity contribution >= 4 is 0 Å². The molecule has 1 fully saturated rings. The summed E-state index contributed by atoms with van der Waals surface area (Å²) in [5.41, 5.74) is 0.474. The molecule has 0 aromatic rings. The highest BCUT2D eigenvalue weighted by molar-refractivity contribution is 4.88. The lowest BCUT2D eigenvalue weighted by molar-refractivity contribution is 0.131. The molecule has 0 heterocycles. The average molecular weight is 239 g/mol. The van der Waals surface area contributed by atoms with E-state index in [2.05, 4.69) is 33.0 Å². The quantitative estimate of drug-likeness (QED) is 0.659. The van der Waals surface area contributed by atoms with Gasteiger partial charge in [0.25, 0.3) is 0 Å². The van der Waals surface area contributed by atoms with E-state index >= 15 is 0 Å². The molecule has 0 amide bonds. The van der Waals surface area contributed by atoms with Crippen molar-refractivity contribution in [3.8, 4) is 0 Å². The Bertz CT molecular complexity index is 192. The Hall–Kier alpha value is -0.0400. The van der Waals surface area contributed by atoms with E-state index in [4.69, 9.17) is 0 Å². The fourth-order valence-electron chi connectivity index (χ4n) is 3.25. The van der Waals surface area contributed by atoms with Crippen molar-refractivity contribution < 1.29 is 0 Å². The number of hydrogen-bond donors (Lipinski definition) is 1. The molecule has 1 aliphatic carbocycles. The smallest absolute Gasteiger partial charge is 0.0100 e. The van der Waals surface area contributed by atoms with Crippen molar-refractivity contribution in [1.82, 2.24) is 5.32 Å². The minimum atomic E-state index is 0.474. The predicted molar refractivity (Wildman–Crippen MR) is 77.3 cm³/mol. The molecule has 2 atom stereocenters. The molecule has 1 heteroatoms. The molecule has 1 N–H and O–H groups in total. The summed E-state index contributed by atoms with van der Waals surface area (Å²) < 4.78 is 0. The molecule has 2 unspecified atom stereocenters. The lowest BCUT2D eigenvalue weighted by atomic mass is 9.69. The van der Waals surface area contributed by atoms with E-state index in [0.29, 0.717) is 5.41 Å². The first-order chi connectivity index (χ1) is 8.05. The molecule has 102 valence electrons. The SMILES string of the molecule is CCCCCCNC1CCCCC1C(C)(C)C. The van der Waals surface area contributed by atoms with Gasteiger partial charge in [0.2, 0.25) is 0 Å². The Morgan fingerprint density at radius 3 is 2.35 bits per heavy atom. The molecule has 1 rings (SSSR count). The lowest BCUT2D eigenvalue weighted by Crippen LogP contribution is -2.44. The first kappa shape index (κ1) is 15.0. The third-order valence-corrected chi connectivity index (χ3v) is 4.32. The van der Waals surface area contributed by atoms with Gasteiger partial charge >= 0.3 is 0 Å². The average Bonchev–Trinajstić information content (AvgIpc) is 2.28. The third kappa shape index (κ3) is 5.42. The molecule has 0 radical (unpaired) electrons. The van der Waals surface area contributed by atoms with Gasteiger partial charge < -0.3 is 5.32 Å². The van der Waals surface area contributed by atoms with Gasteiger partial charge in [-0.05, 0) is 37.1 Å². The highest BCUT2D eigenvalue weighted by atomic mass is 14.9. The Morgan fingerprint density at radius 1 is 1.00 bits per heavy atom. The van der Waals surface area contributed by atoms with Crippen LogP contribution in [0, 0.1) is 11.3 Å². The van der Waals surface area contributed by atoms with Gasteiger partial charge in [0.1, 0.15) is 0 Å². The van der Waals surface area contributed by atoms with Gasteiger partial charge in [-0.1, -0.05) is 59.8 Å². The second-order valence-electron chi connectivity index (χ2n) is 6.88. The fourth-order valence-corrected chi connectivity index (χ4v) is 3.25. The first-order valence-corrected chi connectivity index (χ1v) is 7.79. The molecule has 0 aliphatic heterocycles. The van der Waals surface area contributed by atoms with Crippen molar-refractivity contribution in [3.05, 3.63) is 0 Å². The normalized spacial score (nSPS) is 26.1. The second-order valence-corrected chi connectivity index (χ2v) is 6.88. The van der Waals surface area contributed by atoms with Crippen LogP contribution in [0.1, 0.15) is 79.1 Å². The molecular formula is C16H33N. The zero-order chi connectivity index (χ0) is 12.7. The van der Waals surface area contributed by atoms with Gasteiger partial charge in [-0.15, -0.1) is 0 Å². The van der Waals surface area contributed by atoms with Crippen molar-refractivity contribution in [2.24, 2.45) is 11.3 Å². The number of rotatable bonds is 6. The monoisotopic (exact) mass is 239 g/mol. The van der Waals surface area contributed by atoms with Crippen LogP contribution in [0.3, 0.4) is 0 Å². The van der Waals surface area contributed by atoms with E-state index in [1.54, 1.807) is 0 Å². The highest BCUT2D eigenvalue weighted by Crippen LogP contribution is 2.37. The predicted octanol–water partition coefficient (Wildman–Crippen LogP) is 4.76. The molecule has 0 aromatic carbocycles. The Labute approximate surface area is 109 Å². The topological polar surface area (TPSA) is 12.0 Å². The summed E-state index contributed by atoms with van der Waals surface area (Å²) in [6, 6.07) is 0.783. The molecule has 0 spiro atoms. The molecule has 0 saturated heterocycles. The first-order valence-electron chi connectivity index (χ1n) is 7.79. The van der Waals surface area contributed by atoms with Crippen LogP contribution in [0.4, 0.5) is 0 Å². The minimum Gasteiger partial charge on any atom is -0.314 e. The Kier molecular flexibility index (Phi) is 6.54. The van der Waals surface area contributed by atoms with E-state index < -0.39 is 0 Å². The van der Waals surface area contributed by atoms with Crippen molar-refractivity contribution in [2.45, 2.75) is 85.1 Å². The lowest BCUT2D eigenvalue weighted by Gasteiger charge is -2.41. The summed E-state index contributed by atoms with van der Waals surface area (Å²) in [6.45, 7) is 10.7. The zero-order valence-corrected chi connectivity index (χ0v) is 12.5. The van der Waals surface area contributed by atoms with Gasteiger partial charge in [0.05, 0.1) is 0 Å². The van der Waals surface area contributed by atoms with Gasteiger partial charge in [-0.3, -0.25) is 0 Å². The number of unbranched alkanes of at least 4 members (excludes halogenated alkanes) is 3. The van der Waals surface area contributed by atoms with Crippen LogP contribution in [0.25, 0.3) is 0 Å². The van der Waals surface area contributed by atoms with Gasteiger partial charge in [0, 0.05) is 6.04 Å². The van der Waals surface area contributed by atoms with Crippen LogP contribution in [0.2, 0.25) is 0 Å². The van der Waals surface area contributed by atoms with Crippen LogP contribution >= 0.6 is 0 Å². The maximum atomic E-state index is 3.84.